The molecule has 0 bridgehead atoms. The fraction of sp³-hybridized carbons (Fsp3) is 0.429. The molecule has 1 aromatic carbocycles. The lowest BCUT2D eigenvalue weighted by Crippen LogP contribution is -2.37. The second kappa shape index (κ2) is 9.94. The van der Waals surface area contributed by atoms with Gasteiger partial charge in [0.15, 0.2) is 0 Å². The Kier molecular flexibility index (Phi) is 6.69. The van der Waals surface area contributed by atoms with Crippen LogP contribution in [0.1, 0.15) is 77.9 Å². The van der Waals surface area contributed by atoms with Gasteiger partial charge in [0.05, 0.1) is 34.6 Å². The molecule has 0 unspecified atom stereocenters. The van der Waals surface area contributed by atoms with Crippen LogP contribution in [0.15, 0.2) is 29.1 Å². The van der Waals surface area contributed by atoms with Crippen LogP contribution >= 0.6 is 0 Å². The number of amides is 1. The molecule has 192 valence electrons. The Labute approximate surface area is 214 Å². The van der Waals surface area contributed by atoms with E-state index < -0.39 is 23.3 Å². The second-order valence-corrected chi connectivity index (χ2v) is 10.2. The van der Waals surface area contributed by atoms with Gasteiger partial charge in [-0.3, -0.25) is 14.6 Å². The topological polar surface area (TPSA) is 114 Å². The zero-order valence-electron chi connectivity index (χ0n) is 21.3. The molecule has 1 aliphatic carbocycles. The lowest BCUT2D eigenvalue weighted by Gasteiger charge is -2.27. The van der Waals surface area contributed by atoms with Crippen molar-refractivity contribution in [3.63, 3.8) is 0 Å². The van der Waals surface area contributed by atoms with Gasteiger partial charge in [-0.2, -0.15) is 5.26 Å². The summed E-state index contributed by atoms with van der Waals surface area (Å²) >= 11 is 0. The van der Waals surface area contributed by atoms with Crippen molar-refractivity contribution in [2.24, 2.45) is 0 Å². The highest BCUT2D eigenvalue weighted by molar-refractivity contribution is 6.08. The van der Waals surface area contributed by atoms with Crippen molar-refractivity contribution in [1.82, 2.24) is 20.6 Å². The first kappa shape index (κ1) is 24.9. The van der Waals surface area contributed by atoms with Crippen molar-refractivity contribution in [2.45, 2.75) is 58.0 Å². The SMILES string of the molecule is Cc1cc2c(N3CCN[C@@H](C)CC3)c(C(=O)N[C@@H](C)c3cc(F)cc(C#N)c3)c(=O)[nH]c2c(C2CC2)n1. The van der Waals surface area contributed by atoms with Crippen LogP contribution in [0.3, 0.4) is 0 Å². The first-order valence-corrected chi connectivity index (χ1v) is 12.8. The van der Waals surface area contributed by atoms with Crippen LogP contribution in [0.4, 0.5) is 10.1 Å². The van der Waals surface area contributed by atoms with Gasteiger partial charge in [-0.15, -0.1) is 0 Å². The number of anilines is 1. The largest absolute Gasteiger partial charge is 0.369 e. The molecule has 3 aromatic rings. The maximum absolute atomic E-state index is 14.1. The highest BCUT2D eigenvalue weighted by Crippen LogP contribution is 2.43. The molecule has 3 heterocycles. The number of aryl methyl sites for hydroxylation is 1. The zero-order chi connectivity index (χ0) is 26.3. The fourth-order valence-corrected chi connectivity index (χ4v) is 5.14. The van der Waals surface area contributed by atoms with E-state index in [1.165, 1.54) is 6.07 Å². The van der Waals surface area contributed by atoms with Gasteiger partial charge in [-0.05, 0) is 69.9 Å². The number of pyridine rings is 2. The van der Waals surface area contributed by atoms with Crippen molar-refractivity contribution in [2.75, 3.05) is 24.5 Å². The summed E-state index contributed by atoms with van der Waals surface area (Å²) in [7, 11) is 0. The molecule has 1 amide bonds. The quantitative estimate of drug-likeness (QED) is 0.489. The highest BCUT2D eigenvalue weighted by Gasteiger charge is 2.32. The number of aromatic amines is 1. The summed E-state index contributed by atoms with van der Waals surface area (Å²) in [4.78, 5) is 37.1. The minimum Gasteiger partial charge on any atom is -0.369 e. The van der Waals surface area contributed by atoms with Crippen LogP contribution in [-0.4, -0.2) is 41.6 Å². The zero-order valence-corrected chi connectivity index (χ0v) is 21.3. The van der Waals surface area contributed by atoms with Gasteiger partial charge in [-0.25, -0.2) is 4.39 Å². The number of nitrogens with one attached hydrogen (secondary N) is 3. The van der Waals surface area contributed by atoms with E-state index in [1.54, 1.807) is 13.0 Å². The Morgan fingerprint density at radius 1 is 1.24 bits per heavy atom. The molecule has 0 radical (unpaired) electrons. The monoisotopic (exact) mass is 502 g/mol. The minimum atomic E-state index is -0.620. The van der Waals surface area contributed by atoms with Gasteiger partial charge in [-0.1, -0.05) is 0 Å². The van der Waals surface area contributed by atoms with E-state index >= 15 is 0 Å². The Hall–Kier alpha value is -3.77. The van der Waals surface area contributed by atoms with E-state index in [0.29, 0.717) is 41.8 Å². The lowest BCUT2D eigenvalue weighted by molar-refractivity contribution is 0.0939. The molecule has 5 rings (SSSR count). The summed E-state index contributed by atoms with van der Waals surface area (Å²) in [5, 5.41) is 16.4. The number of benzene rings is 1. The molecule has 2 aromatic heterocycles. The molecule has 1 saturated heterocycles. The number of H-pyrrole nitrogens is 1. The van der Waals surface area contributed by atoms with Gasteiger partial charge in [0, 0.05) is 42.7 Å². The molecular formula is C28H31FN6O2. The van der Waals surface area contributed by atoms with Gasteiger partial charge in [0.25, 0.3) is 11.5 Å². The van der Waals surface area contributed by atoms with E-state index in [0.717, 1.165) is 48.6 Å². The number of nitriles is 1. The number of aromatic nitrogens is 2. The first-order chi connectivity index (χ1) is 17.7. The molecule has 2 fully saturated rings. The molecule has 2 atom stereocenters. The molecule has 2 aliphatic rings. The maximum atomic E-state index is 14.1. The van der Waals surface area contributed by atoms with Crippen molar-refractivity contribution in [3.8, 4) is 6.07 Å². The van der Waals surface area contributed by atoms with Crippen LogP contribution in [0.25, 0.3) is 10.9 Å². The molecule has 3 N–H and O–H groups in total. The summed E-state index contributed by atoms with van der Waals surface area (Å²) in [6.07, 6.45) is 2.93. The molecular weight excluding hydrogens is 471 g/mol. The Bertz CT molecular complexity index is 1470. The number of hydrogen-bond donors (Lipinski definition) is 3. The summed E-state index contributed by atoms with van der Waals surface area (Å²) < 4.78 is 14.1. The molecule has 0 spiro atoms. The standard InChI is InChI=1S/C28H31FN6O2/c1-15-6-8-35(9-7-31-15)26-22-10-16(2)32-24(19-4-5-19)25(22)34-28(37)23(26)27(36)33-17(3)20-11-18(14-30)12-21(29)13-20/h10-13,15,17,19,31H,4-9H2,1-3H3,(H,33,36)(H,34,37)/t15-,17-/m0/s1. The molecule has 1 saturated carbocycles. The number of hydrogen-bond acceptors (Lipinski definition) is 6. The van der Waals surface area contributed by atoms with Crippen molar-refractivity contribution >= 4 is 22.5 Å². The Morgan fingerprint density at radius 2 is 2.03 bits per heavy atom. The van der Waals surface area contributed by atoms with E-state index in [2.05, 4.69) is 27.4 Å². The third-order valence-corrected chi connectivity index (χ3v) is 7.24. The number of fused-ring (bicyclic) bond motifs is 1. The predicted octanol–water partition coefficient (Wildman–Crippen LogP) is 3.80. The van der Waals surface area contributed by atoms with Crippen LogP contribution in [0, 0.1) is 24.1 Å². The summed E-state index contributed by atoms with van der Waals surface area (Å²) in [5.41, 5.74) is 3.23. The van der Waals surface area contributed by atoms with E-state index in [-0.39, 0.29) is 11.1 Å². The number of nitrogens with zero attached hydrogens (tertiary/aromatic N) is 3. The number of carbonyl (C=O) groups excluding carboxylic acids is 1. The average Bonchev–Trinajstić information content (AvgIpc) is 3.71. The summed E-state index contributed by atoms with van der Waals surface area (Å²) in [6.45, 7) is 7.84. The number of rotatable bonds is 5. The highest BCUT2D eigenvalue weighted by atomic mass is 19.1. The van der Waals surface area contributed by atoms with E-state index in [9.17, 15) is 19.2 Å². The van der Waals surface area contributed by atoms with Gasteiger partial charge in [0.2, 0.25) is 0 Å². The van der Waals surface area contributed by atoms with Crippen molar-refractivity contribution < 1.29 is 9.18 Å². The van der Waals surface area contributed by atoms with Crippen LogP contribution in [0.5, 0.6) is 0 Å². The van der Waals surface area contributed by atoms with Crippen LogP contribution in [-0.2, 0) is 0 Å². The summed E-state index contributed by atoms with van der Waals surface area (Å²) in [6, 6.07) is 7.56. The third-order valence-electron chi connectivity index (χ3n) is 7.24. The van der Waals surface area contributed by atoms with Crippen molar-refractivity contribution in [3.05, 3.63) is 68.5 Å². The molecule has 9 heteroatoms. The lowest BCUT2D eigenvalue weighted by atomic mass is 10.0. The first-order valence-electron chi connectivity index (χ1n) is 12.8. The average molecular weight is 503 g/mol. The normalized spacial score (nSPS) is 18.8. The fourth-order valence-electron chi connectivity index (χ4n) is 5.14. The van der Waals surface area contributed by atoms with Gasteiger partial charge >= 0.3 is 0 Å². The van der Waals surface area contributed by atoms with E-state index in [1.807, 2.05) is 19.1 Å². The predicted molar refractivity (Wildman–Crippen MR) is 140 cm³/mol. The third kappa shape index (κ3) is 5.07. The molecule has 37 heavy (non-hydrogen) atoms. The van der Waals surface area contributed by atoms with Crippen LogP contribution in [0.2, 0.25) is 0 Å². The number of halogens is 1. The molecule has 1 aliphatic heterocycles. The summed E-state index contributed by atoms with van der Waals surface area (Å²) in [5.74, 6) is -0.777. The Morgan fingerprint density at radius 3 is 2.76 bits per heavy atom. The van der Waals surface area contributed by atoms with E-state index in [4.69, 9.17) is 4.98 Å². The second-order valence-electron chi connectivity index (χ2n) is 10.2. The van der Waals surface area contributed by atoms with Gasteiger partial charge in [0.1, 0.15) is 11.4 Å². The Balaban J connectivity index is 1.62. The minimum absolute atomic E-state index is 0.0400. The smallest absolute Gasteiger partial charge is 0.263 e. The maximum Gasteiger partial charge on any atom is 0.263 e. The van der Waals surface area contributed by atoms with Crippen LogP contribution < -0.4 is 21.1 Å². The molecule has 8 nitrogen and oxygen atoms in total. The number of carbonyl (C=O) groups is 1. The van der Waals surface area contributed by atoms with Crippen molar-refractivity contribution in [1.29, 1.82) is 5.26 Å². The van der Waals surface area contributed by atoms with Gasteiger partial charge < -0.3 is 20.5 Å².